The van der Waals surface area contributed by atoms with E-state index in [0.29, 0.717) is 0 Å². The van der Waals surface area contributed by atoms with Gasteiger partial charge in [-0.3, -0.25) is 16.0 Å². The van der Waals surface area contributed by atoms with Gasteiger partial charge in [0, 0.05) is 17.9 Å². The Morgan fingerprint density at radius 3 is 2.60 bits per heavy atom. The number of aromatic nitrogens is 2. The van der Waals surface area contributed by atoms with E-state index in [4.69, 9.17) is 5.84 Å². The quantitative estimate of drug-likeness (QED) is 0.610. The summed E-state index contributed by atoms with van der Waals surface area (Å²) in [4.78, 5) is 0. The Bertz CT molecular complexity index is 622. The number of hydrogen-bond donors (Lipinski definition) is 2. The van der Waals surface area contributed by atoms with Gasteiger partial charge >= 0.3 is 0 Å². The minimum Gasteiger partial charge on any atom is -0.271 e. The number of benzene rings is 1. The SMILES string of the molecule is Cc1ccc(Br)cc1C(Cc1c(Br)c(C)nn1C)NN. The Balaban J connectivity index is 2.36. The first-order chi connectivity index (χ1) is 9.43. The summed E-state index contributed by atoms with van der Waals surface area (Å²) in [6.07, 6.45) is 0.770. The van der Waals surface area contributed by atoms with Gasteiger partial charge in [-0.05, 0) is 53.0 Å². The molecule has 1 heterocycles. The van der Waals surface area contributed by atoms with E-state index in [-0.39, 0.29) is 6.04 Å². The number of hydrogen-bond acceptors (Lipinski definition) is 3. The molecule has 4 nitrogen and oxygen atoms in total. The molecule has 0 saturated carbocycles. The lowest BCUT2D eigenvalue weighted by molar-refractivity contribution is 0.526. The summed E-state index contributed by atoms with van der Waals surface area (Å²) in [6.45, 7) is 4.08. The van der Waals surface area contributed by atoms with Crippen LogP contribution in [0.15, 0.2) is 27.1 Å². The van der Waals surface area contributed by atoms with E-state index in [9.17, 15) is 0 Å². The number of nitrogens with zero attached hydrogens (tertiary/aromatic N) is 2. The highest BCUT2D eigenvalue weighted by molar-refractivity contribution is 9.10. The van der Waals surface area contributed by atoms with Crippen LogP contribution in [0.1, 0.15) is 28.6 Å². The summed E-state index contributed by atoms with van der Waals surface area (Å²) in [6, 6.07) is 6.28. The van der Waals surface area contributed by atoms with Crippen LogP contribution in [-0.2, 0) is 13.5 Å². The maximum atomic E-state index is 5.77. The zero-order valence-corrected chi connectivity index (χ0v) is 14.9. The Morgan fingerprint density at radius 1 is 1.35 bits per heavy atom. The monoisotopic (exact) mass is 400 g/mol. The normalized spacial score (nSPS) is 12.7. The fraction of sp³-hybridized carbons (Fsp3) is 0.357. The fourth-order valence-electron chi connectivity index (χ4n) is 2.34. The summed E-state index contributed by atoms with van der Waals surface area (Å²) in [5.74, 6) is 5.77. The lowest BCUT2D eigenvalue weighted by Gasteiger charge is -2.19. The molecule has 0 aliphatic carbocycles. The second kappa shape index (κ2) is 6.39. The van der Waals surface area contributed by atoms with Crippen LogP contribution in [0.3, 0.4) is 0 Å². The van der Waals surface area contributed by atoms with Crippen molar-refractivity contribution in [1.29, 1.82) is 0 Å². The summed E-state index contributed by atoms with van der Waals surface area (Å²) >= 11 is 7.12. The summed E-state index contributed by atoms with van der Waals surface area (Å²) in [7, 11) is 1.95. The molecule has 6 heteroatoms. The first kappa shape index (κ1) is 15.7. The topological polar surface area (TPSA) is 55.9 Å². The van der Waals surface area contributed by atoms with Gasteiger partial charge in [0.05, 0.1) is 21.9 Å². The largest absolute Gasteiger partial charge is 0.271 e. The van der Waals surface area contributed by atoms with Crippen LogP contribution in [0, 0.1) is 13.8 Å². The number of hydrazine groups is 1. The predicted octanol–water partition coefficient (Wildman–Crippen LogP) is 3.31. The van der Waals surface area contributed by atoms with Crippen molar-refractivity contribution in [2.24, 2.45) is 12.9 Å². The minimum absolute atomic E-state index is 0.0404. The van der Waals surface area contributed by atoms with E-state index in [1.807, 2.05) is 24.7 Å². The molecular formula is C14H18Br2N4. The number of aryl methyl sites for hydroxylation is 3. The van der Waals surface area contributed by atoms with E-state index in [1.165, 1.54) is 11.1 Å². The van der Waals surface area contributed by atoms with Gasteiger partial charge < -0.3 is 0 Å². The summed E-state index contributed by atoms with van der Waals surface area (Å²) in [5, 5.41) is 4.42. The minimum atomic E-state index is 0.0404. The summed E-state index contributed by atoms with van der Waals surface area (Å²) in [5.41, 5.74) is 7.44. The lowest BCUT2D eigenvalue weighted by Crippen LogP contribution is -2.30. The molecule has 0 spiro atoms. The van der Waals surface area contributed by atoms with E-state index < -0.39 is 0 Å². The predicted molar refractivity (Wildman–Crippen MR) is 88.3 cm³/mol. The molecule has 1 aromatic heterocycles. The van der Waals surface area contributed by atoms with Crippen molar-refractivity contribution in [1.82, 2.24) is 15.2 Å². The molecule has 3 N–H and O–H groups in total. The maximum absolute atomic E-state index is 5.77. The Kier molecular flexibility index (Phi) is 5.01. The van der Waals surface area contributed by atoms with Crippen LogP contribution >= 0.6 is 31.9 Å². The van der Waals surface area contributed by atoms with Crippen molar-refractivity contribution in [3.63, 3.8) is 0 Å². The van der Waals surface area contributed by atoms with E-state index >= 15 is 0 Å². The standard InChI is InChI=1S/C14H18Br2N4/c1-8-4-5-10(15)6-11(8)12(18-17)7-13-14(16)9(2)19-20(13)3/h4-6,12,18H,7,17H2,1-3H3. The Hall–Kier alpha value is -0.690. The van der Waals surface area contributed by atoms with Gasteiger partial charge in [0.1, 0.15) is 0 Å². The molecule has 0 fully saturated rings. The molecule has 20 heavy (non-hydrogen) atoms. The van der Waals surface area contributed by atoms with Crippen LogP contribution < -0.4 is 11.3 Å². The van der Waals surface area contributed by atoms with E-state index in [2.05, 4.69) is 61.4 Å². The molecule has 108 valence electrons. The highest BCUT2D eigenvalue weighted by atomic mass is 79.9. The third-order valence-electron chi connectivity index (χ3n) is 3.48. The average molecular weight is 402 g/mol. The van der Waals surface area contributed by atoms with E-state index in [1.54, 1.807) is 0 Å². The molecule has 1 unspecified atom stereocenters. The first-order valence-electron chi connectivity index (χ1n) is 6.34. The lowest BCUT2D eigenvalue weighted by atomic mass is 9.98. The van der Waals surface area contributed by atoms with Gasteiger partial charge in [0.25, 0.3) is 0 Å². The molecule has 2 aromatic rings. The highest BCUT2D eigenvalue weighted by Crippen LogP contribution is 2.28. The average Bonchev–Trinajstić information content (AvgIpc) is 2.65. The fourth-order valence-corrected chi connectivity index (χ4v) is 3.22. The molecule has 1 atom stereocenters. The van der Waals surface area contributed by atoms with Crippen LogP contribution in [0.25, 0.3) is 0 Å². The zero-order chi connectivity index (χ0) is 14.9. The Morgan fingerprint density at radius 2 is 2.05 bits per heavy atom. The zero-order valence-electron chi connectivity index (χ0n) is 11.7. The molecule has 0 aliphatic rings. The second-order valence-electron chi connectivity index (χ2n) is 4.89. The van der Waals surface area contributed by atoms with Crippen molar-refractivity contribution in [3.05, 3.63) is 49.7 Å². The third kappa shape index (κ3) is 3.14. The molecule has 0 saturated heterocycles. The van der Waals surface area contributed by atoms with Crippen LogP contribution in [0.5, 0.6) is 0 Å². The van der Waals surface area contributed by atoms with Crippen molar-refractivity contribution >= 4 is 31.9 Å². The molecule has 0 radical (unpaired) electrons. The van der Waals surface area contributed by atoms with Crippen LogP contribution in [-0.4, -0.2) is 9.78 Å². The smallest absolute Gasteiger partial charge is 0.0738 e. The van der Waals surface area contributed by atoms with Gasteiger partial charge in [0.2, 0.25) is 0 Å². The summed E-state index contributed by atoms with van der Waals surface area (Å²) < 4.78 is 4.00. The Labute approximate surface area is 136 Å². The van der Waals surface area contributed by atoms with Gasteiger partial charge in [-0.1, -0.05) is 22.0 Å². The van der Waals surface area contributed by atoms with Gasteiger partial charge in [-0.2, -0.15) is 5.10 Å². The van der Waals surface area contributed by atoms with Gasteiger partial charge in [0.15, 0.2) is 0 Å². The van der Waals surface area contributed by atoms with E-state index in [0.717, 1.165) is 26.8 Å². The number of nitrogens with one attached hydrogen (secondary N) is 1. The number of rotatable bonds is 4. The molecule has 1 aromatic carbocycles. The van der Waals surface area contributed by atoms with Crippen molar-refractivity contribution in [2.45, 2.75) is 26.3 Å². The molecule has 2 rings (SSSR count). The van der Waals surface area contributed by atoms with Gasteiger partial charge in [-0.25, -0.2) is 0 Å². The second-order valence-corrected chi connectivity index (χ2v) is 6.60. The molecule has 0 amide bonds. The molecular weight excluding hydrogens is 384 g/mol. The molecule has 0 aliphatic heterocycles. The van der Waals surface area contributed by atoms with Crippen LogP contribution in [0.2, 0.25) is 0 Å². The molecule has 0 bridgehead atoms. The van der Waals surface area contributed by atoms with Crippen molar-refractivity contribution < 1.29 is 0 Å². The van der Waals surface area contributed by atoms with Crippen molar-refractivity contribution in [2.75, 3.05) is 0 Å². The maximum Gasteiger partial charge on any atom is 0.0738 e. The van der Waals surface area contributed by atoms with Gasteiger partial charge in [-0.15, -0.1) is 0 Å². The first-order valence-corrected chi connectivity index (χ1v) is 7.92. The highest BCUT2D eigenvalue weighted by Gasteiger charge is 2.19. The van der Waals surface area contributed by atoms with Crippen molar-refractivity contribution in [3.8, 4) is 0 Å². The van der Waals surface area contributed by atoms with Crippen LogP contribution in [0.4, 0.5) is 0 Å². The number of halogens is 2. The number of nitrogens with two attached hydrogens (primary N) is 1. The third-order valence-corrected chi connectivity index (χ3v) is 5.00.